The van der Waals surface area contributed by atoms with Crippen LogP contribution in [0.3, 0.4) is 0 Å². The molecule has 2 N–H and O–H groups in total. The zero-order chi connectivity index (χ0) is 24.7. The lowest BCUT2D eigenvalue weighted by molar-refractivity contribution is -0.000990. The van der Waals surface area contributed by atoms with E-state index >= 15 is 0 Å². The normalized spacial score (nSPS) is 21.3. The molecule has 2 heterocycles. The van der Waals surface area contributed by atoms with Gasteiger partial charge >= 0.3 is 5.97 Å². The third-order valence-electron chi connectivity index (χ3n) is 7.06. The first-order chi connectivity index (χ1) is 16.8. The number of hydrogen-bond acceptors (Lipinski definition) is 5. The van der Waals surface area contributed by atoms with Crippen LogP contribution in [0.2, 0.25) is 0 Å². The summed E-state index contributed by atoms with van der Waals surface area (Å²) in [5.41, 5.74) is 2.56. The molecule has 35 heavy (non-hydrogen) atoms. The maximum Gasteiger partial charge on any atom is 0.335 e. The third kappa shape index (κ3) is 4.55. The number of aromatic carboxylic acids is 1. The van der Waals surface area contributed by atoms with Crippen LogP contribution < -0.4 is 4.74 Å². The van der Waals surface area contributed by atoms with Crippen molar-refractivity contribution >= 4 is 26.9 Å². The molecule has 3 aromatic rings. The third-order valence-corrected chi connectivity index (χ3v) is 9.05. The standard InChI is InChI=1S/C26H30N2O6S/c1-16-13-23(33-2)25(21-9-11-27-24(16)21)35(31,32)28-12-10-20(34-15-17-3-4-17)14-22(28)18-5-7-19(8-6-18)26(29)30/h5-9,11,13,17,20,22,27H,3-4,10,12,14-15H2,1-2H3,(H,29,30)/t20-,22+/m1/s1. The molecule has 1 aliphatic carbocycles. The van der Waals surface area contributed by atoms with E-state index in [4.69, 9.17) is 9.47 Å². The Morgan fingerprint density at radius 2 is 1.91 bits per heavy atom. The molecule has 0 unspecified atom stereocenters. The van der Waals surface area contributed by atoms with Crippen molar-refractivity contribution in [2.45, 2.75) is 49.6 Å². The fourth-order valence-corrected chi connectivity index (χ4v) is 6.91. The Bertz CT molecular complexity index is 1340. The minimum Gasteiger partial charge on any atom is -0.495 e. The Kier molecular flexibility index (Phi) is 6.33. The highest BCUT2D eigenvalue weighted by Gasteiger charge is 2.41. The van der Waals surface area contributed by atoms with Crippen LogP contribution in [0, 0.1) is 12.8 Å². The van der Waals surface area contributed by atoms with Gasteiger partial charge < -0.3 is 19.6 Å². The van der Waals surface area contributed by atoms with Gasteiger partial charge in [0, 0.05) is 30.3 Å². The first-order valence-corrected chi connectivity index (χ1v) is 13.3. The van der Waals surface area contributed by atoms with Crippen molar-refractivity contribution in [3.05, 3.63) is 59.3 Å². The van der Waals surface area contributed by atoms with Gasteiger partial charge in [0.1, 0.15) is 10.6 Å². The van der Waals surface area contributed by atoms with E-state index in [1.807, 2.05) is 6.92 Å². The molecule has 186 valence electrons. The number of carboxylic acid groups (broad SMARTS) is 1. The van der Waals surface area contributed by atoms with Gasteiger partial charge in [-0.2, -0.15) is 4.31 Å². The minimum absolute atomic E-state index is 0.0570. The number of hydrogen-bond donors (Lipinski definition) is 2. The van der Waals surface area contributed by atoms with Crippen molar-refractivity contribution in [1.29, 1.82) is 0 Å². The summed E-state index contributed by atoms with van der Waals surface area (Å²) in [6.07, 6.45) is 5.15. The summed E-state index contributed by atoms with van der Waals surface area (Å²) in [7, 11) is -2.49. The number of H-pyrrole nitrogens is 1. The molecule has 8 nitrogen and oxygen atoms in total. The summed E-state index contributed by atoms with van der Waals surface area (Å²) in [6.45, 7) is 2.91. The second kappa shape index (κ2) is 9.29. The predicted octanol–water partition coefficient (Wildman–Crippen LogP) is 4.50. The number of nitrogens with one attached hydrogen (secondary N) is 1. The van der Waals surface area contributed by atoms with Crippen LogP contribution in [0.15, 0.2) is 47.5 Å². The number of aryl methyl sites for hydroxylation is 1. The molecular formula is C26H30N2O6S. The zero-order valence-electron chi connectivity index (χ0n) is 19.9. The number of ether oxygens (including phenoxy) is 2. The van der Waals surface area contributed by atoms with Gasteiger partial charge in [-0.3, -0.25) is 0 Å². The number of methoxy groups -OCH3 is 1. The van der Waals surface area contributed by atoms with E-state index < -0.39 is 22.0 Å². The molecule has 2 atom stereocenters. The predicted molar refractivity (Wildman–Crippen MR) is 131 cm³/mol. The molecule has 0 bridgehead atoms. The lowest BCUT2D eigenvalue weighted by atomic mass is 9.94. The van der Waals surface area contributed by atoms with Crippen molar-refractivity contribution in [2.75, 3.05) is 20.3 Å². The Labute approximate surface area is 204 Å². The van der Waals surface area contributed by atoms with Gasteiger partial charge in [0.05, 0.1) is 24.8 Å². The van der Waals surface area contributed by atoms with E-state index in [1.54, 1.807) is 30.5 Å². The second-order valence-corrected chi connectivity index (χ2v) is 11.3. The largest absolute Gasteiger partial charge is 0.495 e. The van der Waals surface area contributed by atoms with Crippen molar-refractivity contribution in [3.8, 4) is 5.75 Å². The number of piperidine rings is 1. The average molecular weight is 499 g/mol. The molecule has 2 aromatic carbocycles. The maximum atomic E-state index is 14.2. The van der Waals surface area contributed by atoms with Crippen molar-refractivity contribution in [3.63, 3.8) is 0 Å². The van der Waals surface area contributed by atoms with Crippen LogP contribution in [0.25, 0.3) is 10.9 Å². The average Bonchev–Trinajstić information content (AvgIpc) is 3.56. The molecule has 9 heteroatoms. The quantitative estimate of drug-likeness (QED) is 0.473. The number of fused-ring (bicyclic) bond motifs is 1. The first kappa shape index (κ1) is 23.8. The monoisotopic (exact) mass is 498 g/mol. The molecule has 0 spiro atoms. The Balaban J connectivity index is 1.55. The lowest BCUT2D eigenvalue weighted by Gasteiger charge is -2.39. The molecular weight excluding hydrogens is 468 g/mol. The number of aromatic nitrogens is 1. The van der Waals surface area contributed by atoms with Crippen molar-refractivity contribution in [2.24, 2.45) is 5.92 Å². The van der Waals surface area contributed by atoms with E-state index in [0.29, 0.717) is 43.0 Å². The summed E-state index contributed by atoms with van der Waals surface area (Å²) in [5.74, 6) is -0.0972. The minimum atomic E-state index is -3.97. The summed E-state index contributed by atoms with van der Waals surface area (Å²) < 4.78 is 41.7. The smallest absolute Gasteiger partial charge is 0.335 e. The summed E-state index contributed by atoms with van der Waals surface area (Å²) >= 11 is 0. The number of benzene rings is 2. The molecule has 1 aromatic heterocycles. The molecule has 2 aliphatic rings. The van der Waals surface area contributed by atoms with Gasteiger partial charge in [-0.05, 0) is 73.9 Å². The van der Waals surface area contributed by atoms with E-state index in [2.05, 4.69) is 4.98 Å². The van der Waals surface area contributed by atoms with Crippen LogP contribution in [-0.2, 0) is 14.8 Å². The van der Waals surface area contributed by atoms with Crippen LogP contribution in [0.1, 0.15) is 53.2 Å². The van der Waals surface area contributed by atoms with Gasteiger partial charge in [0.2, 0.25) is 10.0 Å². The van der Waals surface area contributed by atoms with Gasteiger partial charge in [-0.15, -0.1) is 0 Å². The van der Waals surface area contributed by atoms with Crippen molar-refractivity contribution < 1.29 is 27.8 Å². The number of rotatable bonds is 8. The zero-order valence-corrected chi connectivity index (χ0v) is 20.7. The molecule has 1 aliphatic heterocycles. The number of aromatic amines is 1. The summed E-state index contributed by atoms with van der Waals surface area (Å²) in [6, 6.07) is 9.48. The van der Waals surface area contributed by atoms with Crippen molar-refractivity contribution in [1.82, 2.24) is 9.29 Å². The highest BCUT2D eigenvalue weighted by Crippen LogP contribution is 2.42. The highest BCUT2D eigenvalue weighted by molar-refractivity contribution is 7.89. The number of carbonyl (C=O) groups is 1. The van der Waals surface area contributed by atoms with E-state index in [1.165, 1.54) is 36.4 Å². The Hall–Kier alpha value is -2.88. The molecule has 1 saturated heterocycles. The Morgan fingerprint density at radius 3 is 2.57 bits per heavy atom. The van der Waals surface area contributed by atoms with Crippen LogP contribution in [0.5, 0.6) is 5.75 Å². The molecule has 2 fully saturated rings. The van der Waals surface area contributed by atoms with Gasteiger partial charge in [-0.1, -0.05) is 12.1 Å². The molecule has 0 amide bonds. The van der Waals surface area contributed by atoms with E-state index in [-0.39, 0.29) is 16.6 Å². The number of sulfonamides is 1. The van der Waals surface area contributed by atoms with E-state index in [9.17, 15) is 18.3 Å². The fraction of sp³-hybridized carbons (Fsp3) is 0.423. The summed E-state index contributed by atoms with van der Waals surface area (Å²) in [4.78, 5) is 14.6. The SMILES string of the molecule is COc1cc(C)c2[nH]ccc2c1S(=O)(=O)N1CC[C@@H](OCC2CC2)C[C@H]1c1ccc(C(=O)O)cc1. The number of nitrogens with zero attached hydrogens (tertiary/aromatic N) is 1. The van der Waals surface area contributed by atoms with Gasteiger partial charge in [0.25, 0.3) is 0 Å². The maximum absolute atomic E-state index is 14.2. The highest BCUT2D eigenvalue weighted by atomic mass is 32.2. The van der Waals surface area contributed by atoms with E-state index in [0.717, 1.165) is 16.6 Å². The van der Waals surface area contributed by atoms with Gasteiger partial charge in [0.15, 0.2) is 0 Å². The lowest BCUT2D eigenvalue weighted by Crippen LogP contribution is -2.43. The topological polar surface area (TPSA) is 109 Å². The second-order valence-electron chi connectivity index (χ2n) is 9.47. The van der Waals surface area contributed by atoms with Crippen LogP contribution in [-0.4, -0.2) is 55.1 Å². The van der Waals surface area contributed by atoms with Gasteiger partial charge in [-0.25, -0.2) is 13.2 Å². The number of carboxylic acids is 1. The van der Waals surface area contributed by atoms with Crippen LogP contribution in [0.4, 0.5) is 0 Å². The van der Waals surface area contributed by atoms with Crippen LogP contribution >= 0.6 is 0 Å². The Morgan fingerprint density at radius 1 is 1.17 bits per heavy atom. The summed E-state index contributed by atoms with van der Waals surface area (Å²) in [5, 5.41) is 9.89. The molecule has 5 rings (SSSR count). The molecule has 0 radical (unpaired) electrons. The molecule has 1 saturated carbocycles. The first-order valence-electron chi connectivity index (χ1n) is 11.9. The fourth-order valence-electron chi connectivity index (χ4n) is 4.94.